The van der Waals surface area contributed by atoms with Gasteiger partial charge in [-0.3, -0.25) is 4.79 Å². The molecule has 0 aliphatic heterocycles. The van der Waals surface area contributed by atoms with Crippen molar-refractivity contribution in [3.8, 4) is 11.5 Å². The van der Waals surface area contributed by atoms with Gasteiger partial charge < -0.3 is 9.47 Å². The highest BCUT2D eigenvalue weighted by atomic mass is 16.5. The SMILES string of the molecule is CC/C(=N\NC(=O)c1ccc(OC)c(OC)c1)c1ccc(C)cc1. The van der Waals surface area contributed by atoms with Crippen molar-refractivity contribution in [2.24, 2.45) is 5.10 Å². The molecular formula is C19H22N2O3. The number of aryl methyl sites for hydroxylation is 1. The monoisotopic (exact) mass is 326 g/mol. The van der Waals surface area contributed by atoms with Crippen LogP contribution in [0.1, 0.15) is 34.8 Å². The highest BCUT2D eigenvalue weighted by Crippen LogP contribution is 2.27. The number of methoxy groups -OCH3 is 2. The standard InChI is InChI=1S/C19H22N2O3/c1-5-16(14-8-6-13(2)7-9-14)20-21-19(22)15-10-11-17(23-3)18(12-15)24-4/h6-12H,5H2,1-4H3,(H,21,22)/b20-16+. The number of amides is 1. The van der Waals surface area contributed by atoms with Crippen LogP contribution in [0.25, 0.3) is 0 Å². The Labute approximate surface area is 142 Å². The molecule has 0 spiro atoms. The van der Waals surface area contributed by atoms with Crippen LogP contribution in [-0.2, 0) is 0 Å². The van der Waals surface area contributed by atoms with Crippen molar-refractivity contribution >= 4 is 11.6 Å². The van der Waals surface area contributed by atoms with Gasteiger partial charge in [-0.15, -0.1) is 0 Å². The van der Waals surface area contributed by atoms with E-state index in [0.29, 0.717) is 17.1 Å². The quantitative estimate of drug-likeness (QED) is 0.652. The summed E-state index contributed by atoms with van der Waals surface area (Å²) in [6.07, 6.45) is 0.718. The lowest BCUT2D eigenvalue weighted by molar-refractivity contribution is 0.0954. The topological polar surface area (TPSA) is 59.9 Å². The van der Waals surface area contributed by atoms with E-state index in [1.807, 2.05) is 38.1 Å². The second kappa shape index (κ2) is 8.15. The van der Waals surface area contributed by atoms with Crippen LogP contribution in [0.3, 0.4) is 0 Å². The molecule has 2 aromatic rings. The van der Waals surface area contributed by atoms with Gasteiger partial charge in [0.1, 0.15) is 0 Å². The Kier molecular flexibility index (Phi) is 5.95. The number of benzene rings is 2. The Bertz CT molecular complexity index is 737. The molecule has 0 fully saturated rings. The first kappa shape index (κ1) is 17.5. The summed E-state index contributed by atoms with van der Waals surface area (Å²) in [5.41, 5.74) is 6.06. The zero-order valence-electron chi connectivity index (χ0n) is 14.4. The maximum Gasteiger partial charge on any atom is 0.271 e. The van der Waals surface area contributed by atoms with Crippen LogP contribution >= 0.6 is 0 Å². The number of ether oxygens (including phenoxy) is 2. The second-order valence-corrected chi connectivity index (χ2v) is 5.29. The number of hydrazone groups is 1. The van der Waals surface area contributed by atoms with Crippen LogP contribution in [0, 0.1) is 6.92 Å². The molecule has 0 saturated heterocycles. The predicted molar refractivity (Wildman–Crippen MR) is 95.0 cm³/mol. The average Bonchev–Trinajstić information content (AvgIpc) is 2.62. The van der Waals surface area contributed by atoms with Crippen LogP contribution in [0.2, 0.25) is 0 Å². The lowest BCUT2D eigenvalue weighted by Crippen LogP contribution is -2.20. The summed E-state index contributed by atoms with van der Waals surface area (Å²) < 4.78 is 10.4. The van der Waals surface area contributed by atoms with E-state index in [2.05, 4.69) is 10.5 Å². The summed E-state index contributed by atoms with van der Waals surface area (Å²) >= 11 is 0. The molecule has 0 aliphatic rings. The fourth-order valence-electron chi connectivity index (χ4n) is 2.25. The molecule has 1 N–H and O–H groups in total. The summed E-state index contributed by atoms with van der Waals surface area (Å²) in [5.74, 6) is 0.781. The number of carbonyl (C=O) groups is 1. The van der Waals surface area contributed by atoms with Crippen molar-refractivity contribution in [3.05, 3.63) is 59.2 Å². The minimum atomic E-state index is -0.297. The van der Waals surface area contributed by atoms with E-state index in [4.69, 9.17) is 9.47 Å². The van der Waals surface area contributed by atoms with Gasteiger partial charge in [0.25, 0.3) is 5.91 Å². The van der Waals surface area contributed by atoms with Crippen molar-refractivity contribution in [2.45, 2.75) is 20.3 Å². The number of rotatable bonds is 6. The van der Waals surface area contributed by atoms with Crippen LogP contribution < -0.4 is 14.9 Å². The molecule has 1 amide bonds. The van der Waals surface area contributed by atoms with Gasteiger partial charge in [0, 0.05) is 5.56 Å². The lowest BCUT2D eigenvalue weighted by atomic mass is 10.1. The second-order valence-electron chi connectivity index (χ2n) is 5.29. The highest BCUT2D eigenvalue weighted by Gasteiger charge is 2.11. The first-order valence-electron chi connectivity index (χ1n) is 7.75. The summed E-state index contributed by atoms with van der Waals surface area (Å²) in [6, 6.07) is 13.0. The number of nitrogens with one attached hydrogen (secondary N) is 1. The van der Waals surface area contributed by atoms with E-state index in [1.54, 1.807) is 25.3 Å². The first-order chi connectivity index (χ1) is 11.6. The molecule has 0 unspecified atom stereocenters. The fraction of sp³-hybridized carbons (Fsp3) is 0.263. The summed E-state index contributed by atoms with van der Waals surface area (Å²) in [4.78, 5) is 12.3. The number of hydrogen-bond acceptors (Lipinski definition) is 4. The molecule has 5 nitrogen and oxygen atoms in total. The normalized spacial score (nSPS) is 11.1. The number of hydrogen-bond donors (Lipinski definition) is 1. The molecule has 0 saturated carbocycles. The third-order valence-corrected chi connectivity index (χ3v) is 3.66. The molecule has 2 rings (SSSR count). The van der Waals surface area contributed by atoms with E-state index in [-0.39, 0.29) is 5.91 Å². The summed E-state index contributed by atoms with van der Waals surface area (Å²) in [6.45, 7) is 4.03. The maximum absolute atomic E-state index is 12.3. The molecule has 0 atom stereocenters. The molecule has 126 valence electrons. The van der Waals surface area contributed by atoms with Gasteiger partial charge in [0.05, 0.1) is 19.9 Å². The molecule has 0 aromatic heterocycles. The van der Waals surface area contributed by atoms with Crippen LogP contribution in [0.15, 0.2) is 47.6 Å². The summed E-state index contributed by atoms with van der Waals surface area (Å²) in [5, 5.41) is 4.26. The van der Waals surface area contributed by atoms with E-state index < -0.39 is 0 Å². The molecule has 5 heteroatoms. The Morgan fingerprint density at radius 3 is 2.21 bits per heavy atom. The smallest absolute Gasteiger partial charge is 0.271 e. The third-order valence-electron chi connectivity index (χ3n) is 3.66. The Balaban J connectivity index is 2.17. The van der Waals surface area contributed by atoms with Crippen molar-refractivity contribution in [1.82, 2.24) is 5.43 Å². The van der Waals surface area contributed by atoms with Gasteiger partial charge in [-0.1, -0.05) is 36.8 Å². The van der Waals surface area contributed by atoms with Crippen molar-refractivity contribution < 1.29 is 14.3 Å². The van der Waals surface area contributed by atoms with Crippen LogP contribution in [-0.4, -0.2) is 25.8 Å². The highest BCUT2D eigenvalue weighted by molar-refractivity contribution is 6.02. The Hall–Kier alpha value is -2.82. The van der Waals surface area contributed by atoms with Gasteiger partial charge in [0.15, 0.2) is 11.5 Å². The predicted octanol–water partition coefficient (Wildman–Crippen LogP) is 3.56. The first-order valence-corrected chi connectivity index (χ1v) is 7.75. The minimum Gasteiger partial charge on any atom is -0.493 e. The zero-order chi connectivity index (χ0) is 17.5. The molecular weight excluding hydrogens is 304 g/mol. The molecule has 0 bridgehead atoms. The average molecular weight is 326 g/mol. The van der Waals surface area contributed by atoms with Crippen LogP contribution in [0.4, 0.5) is 0 Å². The summed E-state index contributed by atoms with van der Waals surface area (Å²) in [7, 11) is 3.08. The third kappa shape index (κ3) is 4.13. The Morgan fingerprint density at radius 1 is 1.00 bits per heavy atom. The van der Waals surface area contributed by atoms with Crippen molar-refractivity contribution in [2.75, 3.05) is 14.2 Å². The Morgan fingerprint density at radius 2 is 1.62 bits per heavy atom. The van der Waals surface area contributed by atoms with Gasteiger partial charge in [0.2, 0.25) is 0 Å². The molecule has 0 radical (unpaired) electrons. The van der Waals surface area contributed by atoms with Gasteiger partial charge in [-0.05, 0) is 37.1 Å². The fourth-order valence-corrected chi connectivity index (χ4v) is 2.25. The number of carbonyl (C=O) groups excluding carboxylic acids is 1. The molecule has 0 aliphatic carbocycles. The van der Waals surface area contributed by atoms with Gasteiger partial charge >= 0.3 is 0 Å². The van der Waals surface area contributed by atoms with Gasteiger partial charge in [-0.2, -0.15) is 5.10 Å². The lowest BCUT2D eigenvalue weighted by Gasteiger charge is -2.09. The maximum atomic E-state index is 12.3. The van der Waals surface area contributed by atoms with Gasteiger partial charge in [-0.25, -0.2) is 5.43 Å². The number of nitrogens with zero attached hydrogens (tertiary/aromatic N) is 1. The van der Waals surface area contributed by atoms with Crippen LogP contribution in [0.5, 0.6) is 11.5 Å². The van der Waals surface area contributed by atoms with E-state index in [1.165, 1.54) is 12.7 Å². The zero-order valence-corrected chi connectivity index (χ0v) is 14.4. The minimum absolute atomic E-state index is 0.297. The molecule has 24 heavy (non-hydrogen) atoms. The van der Waals surface area contributed by atoms with Crippen molar-refractivity contribution in [3.63, 3.8) is 0 Å². The van der Waals surface area contributed by atoms with E-state index in [9.17, 15) is 4.79 Å². The van der Waals surface area contributed by atoms with Crippen molar-refractivity contribution in [1.29, 1.82) is 0 Å². The van der Waals surface area contributed by atoms with E-state index in [0.717, 1.165) is 17.7 Å². The van der Waals surface area contributed by atoms with E-state index >= 15 is 0 Å². The molecule has 0 heterocycles. The largest absolute Gasteiger partial charge is 0.493 e. The molecule has 2 aromatic carbocycles.